The highest BCUT2D eigenvalue weighted by molar-refractivity contribution is 5.91. The average Bonchev–Trinajstić information content (AvgIpc) is 2.28. The van der Waals surface area contributed by atoms with Gasteiger partial charge in [-0.15, -0.1) is 0 Å². The Hall–Kier alpha value is -2.10. The third kappa shape index (κ3) is 1.69. The summed E-state index contributed by atoms with van der Waals surface area (Å²) in [4.78, 5) is 14.9. The number of carboxylic acid groups (broad SMARTS) is 1. The van der Waals surface area contributed by atoms with Crippen LogP contribution in [-0.4, -0.2) is 23.2 Å². The van der Waals surface area contributed by atoms with E-state index in [9.17, 15) is 4.79 Å². The summed E-state index contributed by atoms with van der Waals surface area (Å²) in [6.07, 6.45) is 0. The Morgan fingerprint density at radius 2 is 2.12 bits per heavy atom. The van der Waals surface area contributed by atoms with E-state index in [1.165, 1.54) is 0 Å². The van der Waals surface area contributed by atoms with Crippen molar-refractivity contribution in [1.82, 2.24) is 4.98 Å². The summed E-state index contributed by atoms with van der Waals surface area (Å²) in [6.45, 7) is 1.86. The van der Waals surface area contributed by atoms with Crippen LogP contribution in [0.3, 0.4) is 0 Å². The Labute approximate surface area is 92.5 Å². The van der Waals surface area contributed by atoms with Gasteiger partial charge < -0.3 is 9.84 Å². The molecule has 0 radical (unpaired) electrons. The Bertz CT molecular complexity index is 563. The minimum Gasteiger partial charge on any atom is -0.497 e. The van der Waals surface area contributed by atoms with Gasteiger partial charge in [0.1, 0.15) is 11.4 Å². The number of carboxylic acids is 1. The van der Waals surface area contributed by atoms with Gasteiger partial charge in [0.05, 0.1) is 12.6 Å². The Morgan fingerprint density at radius 1 is 1.38 bits per heavy atom. The van der Waals surface area contributed by atoms with Crippen LogP contribution in [0.2, 0.25) is 0 Å². The second kappa shape index (κ2) is 3.81. The quantitative estimate of drug-likeness (QED) is 0.838. The topological polar surface area (TPSA) is 59.4 Å². The number of nitrogens with zero attached hydrogens (tertiary/aromatic N) is 1. The van der Waals surface area contributed by atoms with Gasteiger partial charge in [-0.2, -0.15) is 0 Å². The number of hydrogen-bond donors (Lipinski definition) is 1. The molecular weight excluding hydrogens is 206 g/mol. The van der Waals surface area contributed by atoms with E-state index in [1.807, 2.05) is 13.0 Å². The molecule has 0 saturated heterocycles. The number of aryl methyl sites for hydroxylation is 1. The third-order valence-corrected chi connectivity index (χ3v) is 2.44. The van der Waals surface area contributed by atoms with Gasteiger partial charge in [-0.05, 0) is 36.8 Å². The first-order valence-corrected chi connectivity index (χ1v) is 4.80. The normalized spacial score (nSPS) is 10.4. The zero-order chi connectivity index (χ0) is 11.7. The molecule has 16 heavy (non-hydrogen) atoms. The molecule has 82 valence electrons. The van der Waals surface area contributed by atoms with E-state index < -0.39 is 5.97 Å². The van der Waals surface area contributed by atoms with Crippen LogP contribution >= 0.6 is 0 Å². The fourth-order valence-electron chi connectivity index (χ4n) is 1.61. The Kier molecular flexibility index (Phi) is 2.48. The monoisotopic (exact) mass is 217 g/mol. The molecule has 0 unspecified atom stereocenters. The maximum Gasteiger partial charge on any atom is 0.354 e. The number of aromatic carboxylic acids is 1. The third-order valence-electron chi connectivity index (χ3n) is 2.44. The number of hydrogen-bond acceptors (Lipinski definition) is 3. The molecule has 2 aromatic rings. The fourth-order valence-corrected chi connectivity index (χ4v) is 1.61. The van der Waals surface area contributed by atoms with Crippen molar-refractivity contribution in [3.05, 3.63) is 35.5 Å². The smallest absolute Gasteiger partial charge is 0.354 e. The van der Waals surface area contributed by atoms with Gasteiger partial charge in [-0.25, -0.2) is 9.78 Å². The van der Waals surface area contributed by atoms with Gasteiger partial charge in [-0.3, -0.25) is 0 Å². The number of benzene rings is 1. The van der Waals surface area contributed by atoms with E-state index in [2.05, 4.69) is 4.98 Å². The molecular formula is C12H11NO3. The second-order valence-electron chi connectivity index (χ2n) is 3.51. The summed E-state index contributed by atoms with van der Waals surface area (Å²) in [5.74, 6) is -0.277. The van der Waals surface area contributed by atoms with E-state index >= 15 is 0 Å². The lowest BCUT2D eigenvalue weighted by Crippen LogP contribution is -2.01. The Morgan fingerprint density at radius 3 is 2.75 bits per heavy atom. The molecule has 1 aromatic heterocycles. The zero-order valence-corrected chi connectivity index (χ0v) is 9.02. The van der Waals surface area contributed by atoms with Gasteiger partial charge in [0.2, 0.25) is 0 Å². The van der Waals surface area contributed by atoms with Crippen LogP contribution in [0.15, 0.2) is 24.3 Å². The molecule has 0 saturated carbocycles. The van der Waals surface area contributed by atoms with Crippen molar-refractivity contribution in [3.63, 3.8) is 0 Å². The van der Waals surface area contributed by atoms with Crippen LogP contribution in [-0.2, 0) is 0 Å². The van der Waals surface area contributed by atoms with Crippen LogP contribution in [0.1, 0.15) is 16.1 Å². The molecule has 0 aliphatic heterocycles. The summed E-state index contributed by atoms with van der Waals surface area (Å²) in [5.41, 5.74) is 1.61. The number of pyridine rings is 1. The lowest BCUT2D eigenvalue weighted by molar-refractivity contribution is 0.0691. The second-order valence-corrected chi connectivity index (χ2v) is 3.51. The van der Waals surface area contributed by atoms with E-state index in [0.29, 0.717) is 5.52 Å². The lowest BCUT2D eigenvalue weighted by atomic mass is 10.1. The molecule has 0 fully saturated rings. The van der Waals surface area contributed by atoms with Crippen LogP contribution in [0.25, 0.3) is 10.9 Å². The number of carbonyl (C=O) groups is 1. The highest BCUT2D eigenvalue weighted by atomic mass is 16.5. The van der Waals surface area contributed by atoms with E-state index in [0.717, 1.165) is 16.7 Å². The molecule has 2 rings (SSSR count). The highest BCUT2D eigenvalue weighted by Crippen LogP contribution is 2.23. The van der Waals surface area contributed by atoms with Crippen molar-refractivity contribution in [2.45, 2.75) is 6.92 Å². The minimum absolute atomic E-state index is 0.0650. The molecule has 1 N–H and O–H groups in total. The average molecular weight is 217 g/mol. The largest absolute Gasteiger partial charge is 0.497 e. The lowest BCUT2D eigenvalue weighted by Gasteiger charge is -2.05. The maximum absolute atomic E-state index is 10.8. The van der Waals surface area contributed by atoms with Crippen LogP contribution in [0, 0.1) is 6.92 Å². The summed E-state index contributed by atoms with van der Waals surface area (Å²) in [7, 11) is 1.59. The minimum atomic E-state index is -1.01. The van der Waals surface area contributed by atoms with Gasteiger partial charge in [-0.1, -0.05) is 0 Å². The molecule has 4 heteroatoms. The van der Waals surface area contributed by atoms with Crippen molar-refractivity contribution in [2.75, 3.05) is 7.11 Å². The SMILES string of the molecule is COc1ccc2nc(C(=O)O)cc(C)c2c1. The first-order chi connectivity index (χ1) is 7.61. The molecule has 0 spiro atoms. The van der Waals surface area contributed by atoms with Crippen molar-refractivity contribution in [1.29, 1.82) is 0 Å². The van der Waals surface area contributed by atoms with Gasteiger partial charge >= 0.3 is 5.97 Å². The van der Waals surface area contributed by atoms with E-state index in [4.69, 9.17) is 9.84 Å². The van der Waals surface area contributed by atoms with Gasteiger partial charge in [0.25, 0.3) is 0 Å². The highest BCUT2D eigenvalue weighted by Gasteiger charge is 2.08. The van der Waals surface area contributed by atoms with Crippen molar-refractivity contribution in [2.24, 2.45) is 0 Å². The number of rotatable bonds is 2. The summed E-state index contributed by atoms with van der Waals surface area (Å²) < 4.78 is 5.11. The summed E-state index contributed by atoms with van der Waals surface area (Å²) in [5, 5.41) is 9.79. The van der Waals surface area contributed by atoms with Crippen LogP contribution < -0.4 is 4.74 Å². The predicted molar refractivity (Wildman–Crippen MR) is 60.0 cm³/mol. The molecule has 1 heterocycles. The first-order valence-electron chi connectivity index (χ1n) is 4.80. The van der Waals surface area contributed by atoms with Gasteiger partial charge in [0.15, 0.2) is 0 Å². The standard InChI is InChI=1S/C12H11NO3/c1-7-5-11(12(14)15)13-10-4-3-8(16-2)6-9(7)10/h3-6H,1-2H3,(H,14,15). The Balaban J connectivity index is 2.71. The van der Waals surface area contributed by atoms with Crippen LogP contribution in [0.4, 0.5) is 0 Å². The molecule has 0 aliphatic rings. The number of fused-ring (bicyclic) bond motifs is 1. The zero-order valence-electron chi connectivity index (χ0n) is 9.02. The number of ether oxygens (including phenoxy) is 1. The molecule has 0 atom stereocenters. The maximum atomic E-state index is 10.8. The molecule has 0 aliphatic carbocycles. The van der Waals surface area contributed by atoms with Crippen molar-refractivity contribution >= 4 is 16.9 Å². The molecule has 0 amide bonds. The molecule has 0 bridgehead atoms. The molecule has 4 nitrogen and oxygen atoms in total. The van der Waals surface area contributed by atoms with E-state index in [-0.39, 0.29) is 5.69 Å². The molecule has 1 aromatic carbocycles. The van der Waals surface area contributed by atoms with Crippen LogP contribution in [0.5, 0.6) is 5.75 Å². The fraction of sp³-hybridized carbons (Fsp3) is 0.167. The summed E-state index contributed by atoms with van der Waals surface area (Å²) in [6, 6.07) is 6.93. The number of methoxy groups -OCH3 is 1. The number of aromatic nitrogens is 1. The first kappa shape index (κ1) is 10.4. The predicted octanol–water partition coefficient (Wildman–Crippen LogP) is 2.25. The van der Waals surface area contributed by atoms with Gasteiger partial charge in [0, 0.05) is 5.39 Å². The summed E-state index contributed by atoms with van der Waals surface area (Å²) >= 11 is 0. The van der Waals surface area contributed by atoms with Crippen molar-refractivity contribution < 1.29 is 14.6 Å². The van der Waals surface area contributed by atoms with E-state index in [1.54, 1.807) is 25.3 Å². The van der Waals surface area contributed by atoms with Crippen molar-refractivity contribution in [3.8, 4) is 5.75 Å².